The Morgan fingerprint density at radius 2 is 2.18 bits per heavy atom. The average Bonchev–Trinajstić information content (AvgIpc) is 2.28. The van der Waals surface area contributed by atoms with Gasteiger partial charge in [-0.25, -0.2) is 0 Å². The van der Waals surface area contributed by atoms with Crippen LogP contribution in [0.2, 0.25) is 0 Å². The molecule has 4 N–H and O–H groups in total. The molecule has 17 heavy (non-hydrogen) atoms. The van der Waals surface area contributed by atoms with E-state index in [1.807, 2.05) is 0 Å². The molecular weight excluding hydrogens is 288 g/mol. The van der Waals surface area contributed by atoms with Crippen LogP contribution in [0.15, 0.2) is 22.7 Å². The van der Waals surface area contributed by atoms with Crippen molar-refractivity contribution in [1.82, 2.24) is 5.32 Å². The van der Waals surface area contributed by atoms with Gasteiger partial charge >= 0.3 is 5.97 Å². The molecule has 0 fully saturated rings. The lowest BCUT2D eigenvalue weighted by atomic mass is 10.1. The van der Waals surface area contributed by atoms with E-state index in [4.69, 9.17) is 10.8 Å². The maximum atomic E-state index is 11.8. The van der Waals surface area contributed by atoms with Crippen molar-refractivity contribution in [2.24, 2.45) is 5.92 Å². The van der Waals surface area contributed by atoms with Gasteiger partial charge in [0.05, 0.1) is 11.5 Å². The van der Waals surface area contributed by atoms with Gasteiger partial charge in [0.2, 0.25) is 0 Å². The van der Waals surface area contributed by atoms with Gasteiger partial charge in [-0.15, -0.1) is 0 Å². The second-order valence-electron chi connectivity index (χ2n) is 3.69. The van der Waals surface area contributed by atoms with Crippen LogP contribution < -0.4 is 11.1 Å². The molecule has 0 saturated carbocycles. The van der Waals surface area contributed by atoms with E-state index in [9.17, 15) is 9.59 Å². The fourth-order valence-electron chi connectivity index (χ4n) is 1.15. The molecule has 0 bridgehead atoms. The quantitative estimate of drug-likeness (QED) is 0.734. The number of hydrogen-bond acceptors (Lipinski definition) is 3. The van der Waals surface area contributed by atoms with Crippen molar-refractivity contribution in [3.63, 3.8) is 0 Å². The number of carbonyl (C=O) groups excluding carboxylic acids is 1. The minimum Gasteiger partial charge on any atom is -0.481 e. The standard InChI is InChI=1S/C11H13BrN2O3/c1-6(11(16)17)5-14-10(15)8-4-7(13)2-3-9(8)12/h2-4,6H,5,13H2,1H3,(H,14,15)(H,16,17). The molecular formula is C11H13BrN2O3. The molecule has 6 heteroatoms. The lowest BCUT2D eigenvalue weighted by Gasteiger charge is -2.09. The summed E-state index contributed by atoms with van der Waals surface area (Å²) in [5.74, 6) is -1.92. The molecule has 0 spiro atoms. The highest BCUT2D eigenvalue weighted by Gasteiger charge is 2.14. The molecule has 0 aliphatic carbocycles. The van der Waals surface area contributed by atoms with Crippen molar-refractivity contribution < 1.29 is 14.7 Å². The number of anilines is 1. The maximum absolute atomic E-state index is 11.8. The van der Waals surface area contributed by atoms with Crippen molar-refractivity contribution in [2.75, 3.05) is 12.3 Å². The van der Waals surface area contributed by atoms with Gasteiger partial charge in [-0.2, -0.15) is 0 Å². The number of nitrogen functional groups attached to an aromatic ring is 1. The van der Waals surface area contributed by atoms with Gasteiger partial charge in [-0.05, 0) is 34.1 Å². The molecule has 0 aliphatic rings. The number of amides is 1. The third-order valence-electron chi connectivity index (χ3n) is 2.23. The van der Waals surface area contributed by atoms with Gasteiger partial charge in [-0.1, -0.05) is 6.92 Å². The molecule has 0 aliphatic heterocycles. The maximum Gasteiger partial charge on any atom is 0.308 e. The van der Waals surface area contributed by atoms with Crippen LogP contribution in [0.25, 0.3) is 0 Å². The normalized spacial score (nSPS) is 11.9. The Morgan fingerprint density at radius 3 is 2.76 bits per heavy atom. The van der Waals surface area contributed by atoms with Crippen molar-refractivity contribution in [3.8, 4) is 0 Å². The van der Waals surface area contributed by atoms with Gasteiger partial charge < -0.3 is 16.2 Å². The van der Waals surface area contributed by atoms with Crippen LogP contribution in [0.1, 0.15) is 17.3 Å². The summed E-state index contributed by atoms with van der Waals surface area (Å²) in [5.41, 5.74) is 6.44. The van der Waals surface area contributed by atoms with Crippen LogP contribution >= 0.6 is 15.9 Å². The molecule has 1 rings (SSSR count). The molecule has 92 valence electrons. The Labute approximate surface area is 107 Å². The number of nitrogens with one attached hydrogen (secondary N) is 1. The van der Waals surface area contributed by atoms with Crippen molar-refractivity contribution in [3.05, 3.63) is 28.2 Å². The molecule has 1 aromatic rings. The predicted molar refractivity (Wildman–Crippen MR) is 67.7 cm³/mol. The van der Waals surface area contributed by atoms with E-state index >= 15 is 0 Å². The lowest BCUT2D eigenvalue weighted by molar-refractivity contribution is -0.140. The zero-order valence-electron chi connectivity index (χ0n) is 9.24. The van der Waals surface area contributed by atoms with Crippen LogP contribution in [0.3, 0.4) is 0 Å². The van der Waals surface area contributed by atoms with Crippen molar-refractivity contribution in [1.29, 1.82) is 0 Å². The van der Waals surface area contributed by atoms with Gasteiger partial charge in [-0.3, -0.25) is 9.59 Å². The van der Waals surface area contributed by atoms with Gasteiger partial charge in [0, 0.05) is 16.7 Å². The van der Waals surface area contributed by atoms with Crippen LogP contribution in [-0.4, -0.2) is 23.5 Å². The highest BCUT2D eigenvalue weighted by molar-refractivity contribution is 9.10. The third-order valence-corrected chi connectivity index (χ3v) is 2.92. The summed E-state index contributed by atoms with van der Waals surface area (Å²) >= 11 is 3.23. The number of hydrogen-bond donors (Lipinski definition) is 3. The number of rotatable bonds is 4. The van der Waals surface area contributed by atoms with E-state index in [2.05, 4.69) is 21.2 Å². The first-order valence-corrected chi connectivity index (χ1v) is 5.77. The molecule has 1 unspecified atom stereocenters. The molecule has 0 aromatic heterocycles. The van der Waals surface area contributed by atoms with Gasteiger partial charge in [0.1, 0.15) is 0 Å². The van der Waals surface area contributed by atoms with Gasteiger partial charge in [0.25, 0.3) is 5.91 Å². The third kappa shape index (κ3) is 3.74. The molecule has 1 aromatic carbocycles. The summed E-state index contributed by atoms with van der Waals surface area (Å²) in [6.45, 7) is 1.60. The van der Waals surface area contributed by atoms with Gasteiger partial charge in [0.15, 0.2) is 0 Å². The second kappa shape index (κ2) is 5.67. The molecule has 1 atom stereocenters. The summed E-state index contributed by atoms with van der Waals surface area (Å²) in [5, 5.41) is 11.2. The number of nitrogens with two attached hydrogens (primary N) is 1. The van der Waals surface area contributed by atoms with Crippen molar-refractivity contribution in [2.45, 2.75) is 6.92 Å². The highest BCUT2D eigenvalue weighted by atomic mass is 79.9. The first kappa shape index (κ1) is 13.5. The molecule has 0 radical (unpaired) electrons. The highest BCUT2D eigenvalue weighted by Crippen LogP contribution is 2.19. The van der Waals surface area contributed by atoms with E-state index in [1.54, 1.807) is 12.1 Å². The topological polar surface area (TPSA) is 92.4 Å². The zero-order chi connectivity index (χ0) is 13.0. The fraction of sp³-hybridized carbons (Fsp3) is 0.273. The number of aliphatic carboxylic acids is 1. The first-order chi connectivity index (χ1) is 7.91. The lowest BCUT2D eigenvalue weighted by Crippen LogP contribution is -2.31. The summed E-state index contributed by atoms with van der Waals surface area (Å²) in [6.07, 6.45) is 0. The van der Waals surface area contributed by atoms with Crippen LogP contribution in [-0.2, 0) is 4.79 Å². The van der Waals surface area contributed by atoms with E-state index in [1.165, 1.54) is 13.0 Å². The molecule has 0 heterocycles. The number of benzene rings is 1. The SMILES string of the molecule is CC(CNC(=O)c1cc(N)ccc1Br)C(=O)O. The minimum atomic E-state index is -0.947. The Balaban J connectivity index is 2.70. The summed E-state index contributed by atoms with van der Waals surface area (Å²) in [7, 11) is 0. The molecule has 5 nitrogen and oxygen atoms in total. The summed E-state index contributed by atoms with van der Waals surface area (Å²) < 4.78 is 0.618. The largest absolute Gasteiger partial charge is 0.481 e. The van der Waals surface area contributed by atoms with Crippen LogP contribution in [0.5, 0.6) is 0 Å². The van der Waals surface area contributed by atoms with Crippen LogP contribution in [0, 0.1) is 5.92 Å². The predicted octanol–water partition coefficient (Wildman–Crippen LogP) is 1.48. The minimum absolute atomic E-state index is 0.0788. The number of carbonyl (C=O) groups is 2. The molecule has 1 amide bonds. The Hall–Kier alpha value is -1.56. The first-order valence-electron chi connectivity index (χ1n) is 4.98. The number of halogens is 1. The Kier molecular flexibility index (Phi) is 4.51. The Morgan fingerprint density at radius 1 is 1.53 bits per heavy atom. The van der Waals surface area contributed by atoms with Crippen LogP contribution in [0.4, 0.5) is 5.69 Å². The van der Waals surface area contributed by atoms with E-state index in [0.717, 1.165) is 0 Å². The van der Waals surface area contributed by atoms with E-state index in [0.29, 0.717) is 15.7 Å². The summed E-state index contributed by atoms with van der Waals surface area (Å²) in [4.78, 5) is 22.3. The fourth-order valence-corrected chi connectivity index (χ4v) is 1.57. The number of carboxylic acids is 1. The smallest absolute Gasteiger partial charge is 0.308 e. The van der Waals surface area contributed by atoms with E-state index < -0.39 is 11.9 Å². The molecule has 0 saturated heterocycles. The second-order valence-corrected chi connectivity index (χ2v) is 4.54. The monoisotopic (exact) mass is 300 g/mol. The summed E-state index contributed by atoms with van der Waals surface area (Å²) in [6, 6.07) is 4.87. The number of carboxylic acid groups (broad SMARTS) is 1. The van der Waals surface area contributed by atoms with Crippen molar-refractivity contribution >= 4 is 33.5 Å². The average molecular weight is 301 g/mol. The zero-order valence-corrected chi connectivity index (χ0v) is 10.8. The Bertz CT molecular complexity index is 448. The van der Waals surface area contributed by atoms with E-state index in [-0.39, 0.29) is 12.5 Å².